The van der Waals surface area contributed by atoms with Crippen molar-refractivity contribution in [2.45, 2.75) is 26.8 Å². The molecule has 152 valence electrons. The standard InChI is InChI=1S/C20H21N3O5S/c1-4-9-23-17(21)15(18(25)22(3)20(23)27)13(24)10-28-19(26)16-11(2)12-7-5-6-8-14(12)29-16/h5-8H,4,9-10,21H2,1-3H3. The number of Topliss-reactive ketones (excluding diaryl/α,β-unsaturated/α-hetero) is 1. The second-order valence-corrected chi connectivity index (χ2v) is 7.66. The molecule has 3 rings (SSSR count). The maximum absolute atomic E-state index is 12.6. The van der Waals surface area contributed by atoms with E-state index in [0.29, 0.717) is 11.3 Å². The summed E-state index contributed by atoms with van der Waals surface area (Å²) in [4.78, 5) is 50.1. The van der Waals surface area contributed by atoms with Crippen molar-refractivity contribution >= 4 is 39.0 Å². The average molecular weight is 415 g/mol. The summed E-state index contributed by atoms with van der Waals surface area (Å²) in [5.74, 6) is -1.60. The van der Waals surface area contributed by atoms with Crippen molar-refractivity contribution in [1.82, 2.24) is 9.13 Å². The molecule has 29 heavy (non-hydrogen) atoms. The molecule has 0 aliphatic rings. The zero-order valence-electron chi connectivity index (χ0n) is 16.4. The number of aryl methyl sites for hydroxylation is 1. The number of aromatic nitrogens is 2. The Labute approximate surface area is 170 Å². The molecule has 0 spiro atoms. The van der Waals surface area contributed by atoms with Crippen molar-refractivity contribution in [3.63, 3.8) is 0 Å². The Morgan fingerprint density at radius 1 is 1.21 bits per heavy atom. The molecule has 0 saturated carbocycles. The van der Waals surface area contributed by atoms with Crippen molar-refractivity contribution in [1.29, 1.82) is 0 Å². The maximum atomic E-state index is 12.6. The normalized spacial score (nSPS) is 11.0. The van der Waals surface area contributed by atoms with Gasteiger partial charge in [0, 0.05) is 18.3 Å². The molecule has 0 aliphatic carbocycles. The highest BCUT2D eigenvalue weighted by Crippen LogP contribution is 2.31. The summed E-state index contributed by atoms with van der Waals surface area (Å²) in [6, 6.07) is 7.56. The van der Waals surface area contributed by atoms with Gasteiger partial charge in [0.2, 0.25) is 5.78 Å². The topological polar surface area (TPSA) is 113 Å². The van der Waals surface area contributed by atoms with Gasteiger partial charge in [-0.15, -0.1) is 11.3 Å². The van der Waals surface area contributed by atoms with Gasteiger partial charge >= 0.3 is 11.7 Å². The number of hydrogen-bond acceptors (Lipinski definition) is 7. The highest BCUT2D eigenvalue weighted by molar-refractivity contribution is 7.21. The average Bonchev–Trinajstić information content (AvgIpc) is 3.05. The van der Waals surface area contributed by atoms with E-state index in [1.165, 1.54) is 23.0 Å². The minimum Gasteiger partial charge on any atom is -0.453 e. The highest BCUT2D eigenvalue weighted by atomic mass is 32.1. The van der Waals surface area contributed by atoms with Crippen molar-refractivity contribution in [3.8, 4) is 0 Å². The van der Waals surface area contributed by atoms with Crippen molar-refractivity contribution in [2.75, 3.05) is 12.3 Å². The Morgan fingerprint density at radius 2 is 1.90 bits per heavy atom. The van der Waals surface area contributed by atoms with Gasteiger partial charge in [-0.2, -0.15) is 0 Å². The van der Waals surface area contributed by atoms with Gasteiger partial charge in [-0.25, -0.2) is 9.59 Å². The first-order chi connectivity index (χ1) is 13.8. The van der Waals surface area contributed by atoms with E-state index in [4.69, 9.17) is 10.5 Å². The summed E-state index contributed by atoms with van der Waals surface area (Å²) >= 11 is 1.28. The molecule has 0 unspecified atom stereocenters. The molecular formula is C20H21N3O5S. The Hall–Kier alpha value is -3.20. The SMILES string of the molecule is CCCn1c(N)c(C(=O)COC(=O)c2sc3ccccc3c2C)c(=O)n(C)c1=O. The van der Waals surface area contributed by atoms with Gasteiger partial charge in [0.05, 0.1) is 0 Å². The first kappa shape index (κ1) is 20.5. The first-order valence-corrected chi connectivity index (χ1v) is 9.87. The van der Waals surface area contributed by atoms with Gasteiger partial charge in [0.25, 0.3) is 5.56 Å². The number of carbonyl (C=O) groups excluding carboxylic acids is 2. The molecule has 0 atom stereocenters. The Morgan fingerprint density at radius 3 is 2.55 bits per heavy atom. The van der Waals surface area contributed by atoms with Gasteiger partial charge in [-0.1, -0.05) is 25.1 Å². The molecule has 0 fully saturated rings. The van der Waals surface area contributed by atoms with Crippen LogP contribution < -0.4 is 17.0 Å². The molecule has 3 aromatic rings. The van der Waals surface area contributed by atoms with Crippen LogP contribution in [0.15, 0.2) is 33.9 Å². The predicted octanol–water partition coefficient (Wildman–Crippen LogP) is 2.10. The first-order valence-electron chi connectivity index (χ1n) is 9.05. The van der Waals surface area contributed by atoms with Crippen LogP contribution in [-0.4, -0.2) is 27.5 Å². The minimum atomic E-state index is -0.807. The third-order valence-corrected chi connectivity index (χ3v) is 5.93. The van der Waals surface area contributed by atoms with Crippen LogP contribution in [0.3, 0.4) is 0 Å². The third-order valence-electron chi connectivity index (χ3n) is 4.67. The van der Waals surface area contributed by atoms with E-state index in [-0.39, 0.29) is 17.9 Å². The van der Waals surface area contributed by atoms with Crippen LogP contribution in [0, 0.1) is 6.92 Å². The van der Waals surface area contributed by atoms with E-state index in [2.05, 4.69) is 0 Å². The second-order valence-electron chi connectivity index (χ2n) is 6.61. The van der Waals surface area contributed by atoms with Crippen molar-refractivity contribution < 1.29 is 14.3 Å². The lowest BCUT2D eigenvalue weighted by atomic mass is 10.1. The number of nitrogens with zero attached hydrogens (tertiary/aromatic N) is 2. The van der Waals surface area contributed by atoms with Gasteiger partial charge in [0.15, 0.2) is 6.61 Å². The predicted molar refractivity (Wildman–Crippen MR) is 112 cm³/mol. The number of rotatable bonds is 6. The number of nitrogens with two attached hydrogens (primary N) is 1. The molecule has 0 aliphatic heterocycles. The Bertz CT molecular complexity index is 1240. The van der Waals surface area contributed by atoms with E-state index in [0.717, 1.165) is 20.2 Å². The van der Waals surface area contributed by atoms with E-state index in [1.807, 2.05) is 38.1 Å². The summed E-state index contributed by atoms with van der Waals surface area (Å²) in [5.41, 5.74) is 4.95. The molecule has 2 heterocycles. The number of ether oxygens (including phenoxy) is 1. The lowest BCUT2D eigenvalue weighted by molar-refractivity contribution is 0.0478. The number of hydrogen-bond donors (Lipinski definition) is 1. The lowest BCUT2D eigenvalue weighted by Crippen LogP contribution is -2.43. The number of carbonyl (C=O) groups is 2. The monoisotopic (exact) mass is 415 g/mol. The fourth-order valence-electron chi connectivity index (χ4n) is 3.12. The lowest BCUT2D eigenvalue weighted by Gasteiger charge is -2.13. The number of anilines is 1. The molecule has 8 nitrogen and oxygen atoms in total. The molecule has 0 amide bonds. The summed E-state index contributed by atoms with van der Waals surface area (Å²) in [5, 5.41) is 0.945. The van der Waals surface area contributed by atoms with Crippen LogP contribution in [0.4, 0.5) is 5.82 Å². The maximum Gasteiger partial charge on any atom is 0.349 e. The highest BCUT2D eigenvalue weighted by Gasteiger charge is 2.24. The number of ketones is 1. The van der Waals surface area contributed by atoms with E-state index in [9.17, 15) is 19.2 Å². The summed E-state index contributed by atoms with van der Waals surface area (Å²) < 4.78 is 8.11. The summed E-state index contributed by atoms with van der Waals surface area (Å²) in [7, 11) is 1.28. The fourth-order valence-corrected chi connectivity index (χ4v) is 4.23. The van der Waals surface area contributed by atoms with Gasteiger partial charge < -0.3 is 10.5 Å². The minimum absolute atomic E-state index is 0.209. The Balaban J connectivity index is 1.87. The van der Waals surface area contributed by atoms with Gasteiger partial charge in [0.1, 0.15) is 16.3 Å². The van der Waals surface area contributed by atoms with Crippen LogP contribution in [-0.2, 0) is 18.3 Å². The molecule has 2 N–H and O–H groups in total. The molecule has 0 bridgehead atoms. The van der Waals surface area contributed by atoms with E-state index < -0.39 is 29.6 Å². The zero-order chi connectivity index (χ0) is 21.3. The van der Waals surface area contributed by atoms with Gasteiger partial charge in [-0.05, 0) is 30.4 Å². The second kappa shape index (κ2) is 8.04. The molecular weight excluding hydrogens is 394 g/mol. The van der Waals surface area contributed by atoms with Crippen molar-refractivity contribution in [3.05, 3.63) is 61.1 Å². The molecule has 1 aromatic carbocycles. The number of nitrogen functional groups attached to an aromatic ring is 1. The van der Waals surface area contributed by atoms with Crippen LogP contribution in [0.2, 0.25) is 0 Å². The molecule has 0 saturated heterocycles. The number of esters is 1. The van der Waals surface area contributed by atoms with Crippen LogP contribution in [0.5, 0.6) is 0 Å². The van der Waals surface area contributed by atoms with Crippen molar-refractivity contribution in [2.24, 2.45) is 7.05 Å². The zero-order valence-corrected chi connectivity index (χ0v) is 17.2. The number of thiophene rings is 1. The summed E-state index contributed by atoms with van der Waals surface area (Å²) in [6.45, 7) is 3.27. The van der Waals surface area contributed by atoms with Crippen LogP contribution in [0.25, 0.3) is 10.1 Å². The Kier molecular flexibility index (Phi) is 5.69. The smallest absolute Gasteiger partial charge is 0.349 e. The van der Waals surface area contributed by atoms with Crippen LogP contribution >= 0.6 is 11.3 Å². The third kappa shape index (κ3) is 3.61. The molecule has 2 aromatic heterocycles. The molecule has 0 radical (unpaired) electrons. The van der Waals surface area contributed by atoms with Crippen LogP contribution in [0.1, 0.15) is 38.9 Å². The number of benzene rings is 1. The summed E-state index contributed by atoms with van der Waals surface area (Å²) in [6.07, 6.45) is 0.593. The van der Waals surface area contributed by atoms with E-state index in [1.54, 1.807) is 0 Å². The number of fused-ring (bicyclic) bond motifs is 1. The van der Waals surface area contributed by atoms with Gasteiger partial charge in [-0.3, -0.25) is 18.7 Å². The largest absolute Gasteiger partial charge is 0.453 e. The quantitative estimate of drug-likeness (QED) is 0.487. The fraction of sp³-hybridized carbons (Fsp3) is 0.300. The molecule has 9 heteroatoms. The van der Waals surface area contributed by atoms with E-state index >= 15 is 0 Å².